The fraction of sp³-hybridized carbons (Fsp3) is 0.571. The van der Waals surface area contributed by atoms with Crippen LogP contribution in [0.3, 0.4) is 0 Å². The Morgan fingerprint density at radius 2 is 2.11 bits per heavy atom. The Kier molecular flexibility index (Phi) is 5.16. The first-order valence-electron chi connectivity index (χ1n) is 6.71. The molecule has 1 fully saturated rings. The minimum atomic E-state index is -0.133. The molecule has 1 heterocycles. The molecular formula is C14H19ClN2O2. The predicted octanol–water partition coefficient (Wildman–Crippen LogP) is 2.26. The summed E-state index contributed by atoms with van der Waals surface area (Å²) in [5, 5.41) is 12.6. The van der Waals surface area contributed by atoms with E-state index in [1.54, 1.807) is 12.1 Å². The molecule has 2 atom stereocenters. The number of carbonyl (C=O) groups is 1. The van der Waals surface area contributed by atoms with Crippen molar-refractivity contribution in [2.45, 2.75) is 25.7 Å². The van der Waals surface area contributed by atoms with Gasteiger partial charge in [0.05, 0.1) is 5.56 Å². The van der Waals surface area contributed by atoms with E-state index in [0.29, 0.717) is 29.1 Å². The Labute approximate surface area is 118 Å². The van der Waals surface area contributed by atoms with Crippen LogP contribution in [0.5, 0.6) is 0 Å². The number of pyridine rings is 1. The number of aromatic nitrogens is 1. The third-order valence-corrected chi connectivity index (χ3v) is 4.04. The number of rotatable bonds is 4. The van der Waals surface area contributed by atoms with Crippen LogP contribution in [0.15, 0.2) is 18.3 Å². The zero-order chi connectivity index (χ0) is 13.7. The van der Waals surface area contributed by atoms with Crippen molar-refractivity contribution in [2.24, 2.45) is 11.8 Å². The van der Waals surface area contributed by atoms with Gasteiger partial charge in [-0.3, -0.25) is 4.79 Å². The number of halogens is 1. The SMILES string of the molecule is O=C(NCC1CCCCC1CO)c1ccc(Cl)nc1. The summed E-state index contributed by atoms with van der Waals surface area (Å²) in [5.74, 6) is 0.562. The van der Waals surface area contributed by atoms with Gasteiger partial charge in [0, 0.05) is 19.3 Å². The van der Waals surface area contributed by atoms with Crippen LogP contribution >= 0.6 is 11.6 Å². The molecule has 0 spiro atoms. The number of nitrogens with one attached hydrogen (secondary N) is 1. The molecule has 1 aromatic heterocycles. The summed E-state index contributed by atoms with van der Waals surface area (Å²) in [6.07, 6.45) is 5.96. The van der Waals surface area contributed by atoms with E-state index in [-0.39, 0.29) is 12.5 Å². The smallest absolute Gasteiger partial charge is 0.252 e. The van der Waals surface area contributed by atoms with Gasteiger partial charge in [0.2, 0.25) is 0 Å². The lowest BCUT2D eigenvalue weighted by molar-refractivity contribution is 0.0909. The van der Waals surface area contributed by atoms with Gasteiger partial charge in [0.15, 0.2) is 0 Å². The lowest BCUT2D eigenvalue weighted by Gasteiger charge is -2.30. The topological polar surface area (TPSA) is 62.2 Å². The van der Waals surface area contributed by atoms with Crippen LogP contribution in [0.1, 0.15) is 36.0 Å². The molecule has 2 rings (SSSR count). The van der Waals surface area contributed by atoms with Gasteiger partial charge in [-0.2, -0.15) is 0 Å². The van der Waals surface area contributed by atoms with Crippen LogP contribution < -0.4 is 5.32 Å². The normalized spacial score (nSPS) is 23.1. The molecule has 0 saturated heterocycles. The predicted molar refractivity (Wildman–Crippen MR) is 74.1 cm³/mol. The summed E-state index contributed by atoms with van der Waals surface area (Å²) in [5.41, 5.74) is 0.515. The van der Waals surface area contributed by atoms with E-state index in [9.17, 15) is 9.90 Å². The highest BCUT2D eigenvalue weighted by molar-refractivity contribution is 6.29. The number of amides is 1. The van der Waals surface area contributed by atoms with Gasteiger partial charge in [-0.05, 0) is 36.8 Å². The average Bonchev–Trinajstić information content (AvgIpc) is 2.45. The fourth-order valence-electron chi connectivity index (χ4n) is 2.63. The quantitative estimate of drug-likeness (QED) is 0.833. The van der Waals surface area contributed by atoms with Crippen LogP contribution in [0.2, 0.25) is 5.15 Å². The summed E-state index contributed by atoms with van der Waals surface area (Å²) < 4.78 is 0. The Morgan fingerprint density at radius 3 is 2.74 bits per heavy atom. The molecule has 19 heavy (non-hydrogen) atoms. The fourth-order valence-corrected chi connectivity index (χ4v) is 2.74. The van der Waals surface area contributed by atoms with Gasteiger partial charge in [0.1, 0.15) is 5.15 Å². The Hall–Kier alpha value is -1.13. The lowest BCUT2D eigenvalue weighted by Crippen LogP contribution is -2.35. The van der Waals surface area contributed by atoms with Gasteiger partial charge in [-0.1, -0.05) is 24.4 Å². The summed E-state index contributed by atoms with van der Waals surface area (Å²) in [4.78, 5) is 15.8. The van der Waals surface area contributed by atoms with Gasteiger partial charge in [-0.25, -0.2) is 4.98 Å². The highest BCUT2D eigenvalue weighted by atomic mass is 35.5. The van der Waals surface area contributed by atoms with Gasteiger partial charge in [-0.15, -0.1) is 0 Å². The van der Waals surface area contributed by atoms with Gasteiger partial charge >= 0.3 is 0 Å². The second kappa shape index (κ2) is 6.87. The number of hydrogen-bond donors (Lipinski definition) is 2. The molecule has 4 nitrogen and oxygen atoms in total. The van der Waals surface area contributed by atoms with Crippen LogP contribution in [0.4, 0.5) is 0 Å². The molecule has 0 aliphatic heterocycles. The summed E-state index contributed by atoms with van der Waals surface area (Å²) in [6, 6.07) is 3.27. The highest BCUT2D eigenvalue weighted by Crippen LogP contribution is 2.29. The standard InChI is InChI=1S/C14H19ClN2O2/c15-13-6-5-11(8-16-13)14(19)17-7-10-3-1-2-4-12(10)9-18/h5-6,8,10,12,18H,1-4,7,9H2,(H,17,19). The molecule has 1 aromatic rings. The van der Waals surface area contributed by atoms with Crippen molar-refractivity contribution >= 4 is 17.5 Å². The van der Waals surface area contributed by atoms with E-state index in [0.717, 1.165) is 12.8 Å². The first-order valence-corrected chi connectivity index (χ1v) is 7.09. The molecule has 0 radical (unpaired) electrons. The second-order valence-corrected chi connectivity index (χ2v) is 5.45. The number of aliphatic hydroxyl groups is 1. The molecule has 1 amide bonds. The largest absolute Gasteiger partial charge is 0.396 e. The van der Waals surface area contributed by atoms with Crippen LogP contribution in [-0.4, -0.2) is 29.1 Å². The molecule has 2 N–H and O–H groups in total. The summed E-state index contributed by atoms with van der Waals surface area (Å²) >= 11 is 5.68. The third kappa shape index (κ3) is 3.91. The zero-order valence-corrected chi connectivity index (χ0v) is 11.6. The molecule has 5 heteroatoms. The Balaban J connectivity index is 1.87. The van der Waals surface area contributed by atoms with Crippen molar-refractivity contribution < 1.29 is 9.90 Å². The number of carbonyl (C=O) groups excluding carboxylic acids is 1. The first kappa shape index (κ1) is 14.3. The minimum Gasteiger partial charge on any atom is -0.396 e. The monoisotopic (exact) mass is 282 g/mol. The van der Waals surface area contributed by atoms with Crippen LogP contribution in [-0.2, 0) is 0 Å². The molecule has 0 bridgehead atoms. The third-order valence-electron chi connectivity index (χ3n) is 3.82. The van der Waals surface area contributed by atoms with Gasteiger partial charge in [0.25, 0.3) is 5.91 Å². The highest BCUT2D eigenvalue weighted by Gasteiger charge is 2.24. The van der Waals surface area contributed by atoms with Crippen molar-refractivity contribution in [1.29, 1.82) is 0 Å². The number of aliphatic hydroxyl groups excluding tert-OH is 1. The Morgan fingerprint density at radius 1 is 1.37 bits per heavy atom. The summed E-state index contributed by atoms with van der Waals surface area (Å²) in [6.45, 7) is 0.829. The molecular weight excluding hydrogens is 264 g/mol. The van der Waals surface area contributed by atoms with E-state index >= 15 is 0 Å². The van der Waals surface area contributed by atoms with E-state index < -0.39 is 0 Å². The maximum atomic E-state index is 11.9. The lowest BCUT2D eigenvalue weighted by atomic mass is 9.79. The van der Waals surface area contributed by atoms with Crippen molar-refractivity contribution in [2.75, 3.05) is 13.2 Å². The maximum Gasteiger partial charge on any atom is 0.252 e. The van der Waals surface area contributed by atoms with Crippen molar-refractivity contribution in [3.05, 3.63) is 29.0 Å². The summed E-state index contributed by atoms with van der Waals surface area (Å²) in [7, 11) is 0. The maximum absolute atomic E-state index is 11.9. The van der Waals surface area contributed by atoms with E-state index in [4.69, 9.17) is 11.6 Å². The van der Waals surface area contributed by atoms with Crippen molar-refractivity contribution in [3.63, 3.8) is 0 Å². The molecule has 1 aliphatic rings. The van der Waals surface area contributed by atoms with Crippen molar-refractivity contribution in [3.8, 4) is 0 Å². The molecule has 1 saturated carbocycles. The number of nitrogens with zero attached hydrogens (tertiary/aromatic N) is 1. The zero-order valence-electron chi connectivity index (χ0n) is 10.8. The van der Waals surface area contributed by atoms with Crippen LogP contribution in [0.25, 0.3) is 0 Å². The average molecular weight is 283 g/mol. The number of hydrogen-bond acceptors (Lipinski definition) is 3. The van der Waals surface area contributed by atoms with E-state index in [1.807, 2.05) is 0 Å². The van der Waals surface area contributed by atoms with Crippen LogP contribution in [0, 0.1) is 11.8 Å². The van der Waals surface area contributed by atoms with Crippen molar-refractivity contribution in [1.82, 2.24) is 10.3 Å². The first-order chi connectivity index (χ1) is 9.20. The van der Waals surface area contributed by atoms with E-state index in [2.05, 4.69) is 10.3 Å². The molecule has 0 aromatic carbocycles. The second-order valence-electron chi connectivity index (χ2n) is 5.07. The molecule has 2 unspecified atom stereocenters. The molecule has 1 aliphatic carbocycles. The minimum absolute atomic E-state index is 0.133. The molecule has 104 valence electrons. The Bertz CT molecular complexity index is 422. The van der Waals surface area contributed by atoms with Gasteiger partial charge < -0.3 is 10.4 Å². The van der Waals surface area contributed by atoms with E-state index in [1.165, 1.54) is 19.0 Å².